The van der Waals surface area contributed by atoms with Gasteiger partial charge in [0, 0.05) is 0 Å². The summed E-state index contributed by atoms with van der Waals surface area (Å²) in [4.78, 5) is 22.4. The van der Waals surface area contributed by atoms with Gasteiger partial charge in [-0.2, -0.15) is 0 Å². The van der Waals surface area contributed by atoms with E-state index in [2.05, 4.69) is 17.2 Å². The van der Waals surface area contributed by atoms with Gasteiger partial charge in [-0.1, -0.05) is 12.2 Å². The predicted molar refractivity (Wildman–Crippen MR) is 47.0 cm³/mol. The molecule has 0 aromatic rings. The third-order valence-electron chi connectivity index (χ3n) is 2.83. The number of rotatable bonds is 0. The van der Waals surface area contributed by atoms with Crippen molar-refractivity contribution in [3.05, 3.63) is 12.2 Å². The number of carbonyl (C=O) groups excluding carboxylic acids is 2. The van der Waals surface area contributed by atoms with E-state index in [1.54, 1.807) is 0 Å². The van der Waals surface area contributed by atoms with Crippen molar-refractivity contribution in [3.63, 3.8) is 0 Å². The van der Waals surface area contributed by atoms with Crippen molar-refractivity contribution in [2.45, 2.75) is 31.2 Å². The summed E-state index contributed by atoms with van der Waals surface area (Å²) >= 11 is 0. The number of allylic oxidation sites excluding steroid dienone is 1. The number of hydrogen-bond donors (Lipinski definition) is 2. The highest BCUT2D eigenvalue weighted by molar-refractivity contribution is 6.07. The van der Waals surface area contributed by atoms with Crippen LogP contribution in [0.25, 0.3) is 0 Å². The Morgan fingerprint density at radius 2 is 1.85 bits per heavy atom. The number of carbonyl (C=O) groups is 2. The van der Waals surface area contributed by atoms with E-state index in [4.69, 9.17) is 0 Å². The lowest BCUT2D eigenvalue weighted by Crippen LogP contribution is -2.48. The summed E-state index contributed by atoms with van der Waals surface area (Å²) in [6.07, 6.45) is 3.02. The number of urea groups is 1. The largest absolute Gasteiger partial charge is 0.323 e. The third-order valence-corrected chi connectivity index (χ3v) is 2.83. The van der Waals surface area contributed by atoms with Crippen LogP contribution in [0.4, 0.5) is 4.79 Å². The Morgan fingerprint density at radius 3 is 2.31 bits per heavy atom. The fourth-order valence-corrected chi connectivity index (χ4v) is 1.91. The van der Waals surface area contributed by atoms with Gasteiger partial charge < -0.3 is 5.32 Å². The van der Waals surface area contributed by atoms with Crippen LogP contribution >= 0.6 is 0 Å². The number of imide groups is 1. The molecule has 1 spiro atoms. The molecule has 1 aliphatic heterocycles. The molecule has 0 unspecified atom stereocenters. The first-order valence-corrected chi connectivity index (χ1v) is 4.43. The fraction of sp³-hybridized carbons (Fsp3) is 0.556. The minimum absolute atomic E-state index is 0.176. The van der Waals surface area contributed by atoms with Crippen LogP contribution in [0.1, 0.15) is 25.7 Å². The highest BCUT2D eigenvalue weighted by Crippen LogP contribution is 2.32. The van der Waals surface area contributed by atoms with Gasteiger partial charge in [0.05, 0.1) is 0 Å². The molecule has 0 aromatic heterocycles. The van der Waals surface area contributed by atoms with Crippen LogP contribution in [0.2, 0.25) is 0 Å². The van der Waals surface area contributed by atoms with E-state index in [0.717, 1.165) is 12.8 Å². The zero-order chi connectivity index (χ0) is 9.47. The average molecular weight is 180 g/mol. The Morgan fingerprint density at radius 1 is 1.23 bits per heavy atom. The summed E-state index contributed by atoms with van der Waals surface area (Å²) in [5, 5.41) is 4.97. The average Bonchev–Trinajstić information content (AvgIpc) is 2.34. The van der Waals surface area contributed by atoms with Crippen LogP contribution in [-0.4, -0.2) is 17.5 Å². The molecule has 4 heteroatoms. The summed E-state index contributed by atoms with van der Waals surface area (Å²) in [6, 6.07) is -0.363. The standard InChI is InChI=1S/C9H12N2O2/c1-6-2-4-9(5-3-6)7(12)10-8(13)11-9/h1-5H2,(H2,10,11,12,13). The van der Waals surface area contributed by atoms with Gasteiger partial charge in [-0.3, -0.25) is 10.1 Å². The molecule has 1 saturated carbocycles. The van der Waals surface area contributed by atoms with Crippen LogP contribution in [0.5, 0.6) is 0 Å². The van der Waals surface area contributed by atoms with Gasteiger partial charge in [0.1, 0.15) is 5.54 Å². The molecule has 0 aromatic carbocycles. The quantitative estimate of drug-likeness (QED) is 0.425. The van der Waals surface area contributed by atoms with Crippen molar-refractivity contribution in [2.75, 3.05) is 0 Å². The number of amides is 3. The lowest BCUT2D eigenvalue weighted by molar-refractivity contribution is -0.124. The predicted octanol–water partition coefficient (Wildman–Crippen LogP) is 0.695. The first kappa shape index (κ1) is 8.29. The molecule has 2 N–H and O–H groups in total. The zero-order valence-electron chi connectivity index (χ0n) is 7.35. The monoisotopic (exact) mass is 180 g/mol. The molecule has 2 aliphatic rings. The normalized spacial score (nSPS) is 26.0. The van der Waals surface area contributed by atoms with Crippen LogP contribution < -0.4 is 10.6 Å². The van der Waals surface area contributed by atoms with Gasteiger partial charge >= 0.3 is 6.03 Å². The molecule has 1 saturated heterocycles. The van der Waals surface area contributed by atoms with Crippen LogP contribution in [0.15, 0.2) is 12.2 Å². The van der Waals surface area contributed by atoms with Gasteiger partial charge in [-0.05, 0) is 25.7 Å². The minimum atomic E-state index is -0.627. The van der Waals surface area contributed by atoms with Crippen molar-refractivity contribution in [1.82, 2.24) is 10.6 Å². The van der Waals surface area contributed by atoms with Crippen molar-refractivity contribution in [3.8, 4) is 0 Å². The highest BCUT2D eigenvalue weighted by Gasteiger charge is 2.46. The highest BCUT2D eigenvalue weighted by atomic mass is 16.2. The van der Waals surface area contributed by atoms with Crippen molar-refractivity contribution in [2.24, 2.45) is 0 Å². The molecule has 3 amide bonds. The SMILES string of the molecule is C=C1CCC2(CC1)NC(=O)NC2=O. The van der Waals surface area contributed by atoms with E-state index < -0.39 is 5.54 Å². The van der Waals surface area contributed by atoms with E-state index in [1.165, 1.54) is 5.57 Å². The molecule has 0 bridgehead atoms. The zero-order valence-corrected chi connectivity index (χ0v) is 7.35. The van der Waals surface area contributed by atoms with Crippen molar-refractivity contribution in [1.29, 1.82) is 0 Å². The number of nitrogens with one attached hydrogen (secondary N) is 2. The van der Waals surface area contributed by atoms with E-state index in [0.29, 0.717) is 12.8 Å². The van der Waals surface area contributed by atoms with Crippen molar-refractivity contribution < 1.29 is 9.59 Å². The smallest absolute Gasteiger partial charge is 0.322 e. The Balaban J connectivity index is 2.17. The first-order valence-electron chi connectivity index (χ1n) is 4.43. The molecular formula is C9H12N2O2. The third kappa shape index (κ3) is 1.22. The molecule has 70 valence electrons. The van der Waals surface area contributed by atoms with E-state index in [9.17, 15) is 9.59 Å². The van der Waals surface area contributed by atoms with E-state index >= 15 is 0 Å². The lowest BCUT2D eigenvalue weighted by Gasteiger charge is -2.30. The number of hydrogen-bond acceptors (Lipinski definition) is 2. The second kappa shape index (κ2) is 2.58. The Hall–Kier alpha value is -1.32. The molecule has 2 fully saturated rings. The van der Waals surface area contributed by atoms with E-state index in [1.807, 2.05) is 0 Å². The van der Waals surface area contributed by atoms with Gasteiger partial charge in [0.2, 0.25) is 0 Å². The Kier molecular flexibility index (Phi) is 1.65. The maximum absolute atomic E-state index is 11.4. The second-order valence-corrected chi connectivity index (χ2v) is 3.74. The van der Waals surface area contributed by atoms with Gasteiger partial charge in [-0.25, -0.2) is 4.79 Å². The maximum Gasteiger partial charge on any atom is 0.322 e. The van der Waals surface area contributed by atoms with Crippen molar-refractivity contribution >= 4 is 11.9 Å². The molecular weight excluding hydrogens is 168 g/mol. The van der Waals surface area contributed by atoms with Gasteiger partial charge in [0.25, 0.3) is 5.91 Å². The summed E-state index contributed by atoms with van der Waals surface area (Å²) in [5.74, 6) is -0.176. The first-order chi connectivity index (χ1) is 6.12. The summed E-state index contributed by atoms with van der Waals surface area (Å²) in [7, 11) is 0. The molecule has 4 nitrogen and oxygen atoms in total. The minimum Gasteiger partial charge on any atom is -0.323 e. The van der Waals surface area contributed by atoms with Gasteiger partial charge in [-0.15, -0.1) is 0 Å². The summed E-state index contributed by atoms with van der Waals surface area (Å²) in [5.41, 5.74) is 0.540. The lowest BCUT2D eigenvalue weighted by atomic mass is 9.80. The summed E-state index contributed by atoms with van der Waals surface area (Å²) < 4.78 is 0. The maximum atomic E-state index is 11.4. The second-order valence-electron chi connectivity index (χ2n) is 3.74. The van der Waals surface area contributed by atoms with Crippen LogP contribution in [0.3, 0.4) is 0 Å². The molecule has 1 heterocycles. The van der Waals surface area contributed by atoms with E-state index in [-0.39, 0.29) is 11.9 Å². The molecule has 1 aliphatic carbocycles. The molecule has 13 heavy (non-hydrogen) atoms. The Labute approximate surface area is 76.4 Å². The molecule has 0 radical (unpaired) electrons. The van der Waals surface area contributed by atoms with Crippen LogP contribution in [0, 0.1) is 0 Å². The van der Waals surface area contributed by atoms with Crippen LogP contribution in [-0.2, 0) is 4.79 Å². The topological polar surface area (TPSA) is 58.2 Å². The Bertz CT molecular complexity index is 286. The molecule has 0 atom stereocenters. The van der Waals surface area contributed by atoms with Gasteiger partial charge in [0.15, 0.2) is 0 Å². The molecule has 2 rings (SSSR count). The summed E-state index contributed by atoms with van der Waals surface area (Å²) in [6.45, 7) is 3.87. The fourth-order valence-electron chi connectivity index (χ4n) is 1.91.